The van der Waals surface area contributed by atoms with E-state index in [1.54, 1.807) is 12.2 Å². The van der Waals surface area contributed by atoms with Gasteiger partial charge in [-0.05, 0) is 91.6 Å². The molecule has 3 aliphatic heterocycles. The van der Waals surface area contributed by atoms with Gasteiger partial charge in [0.15, 0.2) is 5.78 Å². The molecule has 7 heteroatoms. The van der Waals surface area contributed by atoms with E-state index in [0.717, 1.165) is 18.8 Å². The summed E-state index contributed by atoms with van der Waals surface area (Å²) in [6.07, 6.45) is 13.1. The van der Waals surface area contributed by atoms with Crippen molar-refractivity contribution < 1.29 is 24.2 Å². The Morgan fingerprint density at radius 1 is 1.06 bits per heavy atom. The van der Waals surface area contributed by atoms with E-state index in [1.165, 1.54) is 12.8 Å². The topological polar surface area (TPSA) is 108 Å². The number of carbonyl (C=O) groups excluding carboxylic acids is 3. The number of hydrogen-bond donors (Lipinski definition) is 3. The normalized spacial score (nSPS) is 47.8. The SMILES string of the molecule is CC[C@H]1[C@H]2[C@H](C[C@H]1C)[C@H]1C[C@@H]3/C=C\C(O)=C4C(=O)N[C@@H](CCCNC(=O)/C=C/C[C@@H]3[C@@H]1[C@@H]1O[C@H]12)C4=O. The first-order chi connectivity index (χ1) is 17.4. The van der Waals surface area contributed by atoms with Crippen molar-refractivity contribution in [2.24, 2.45) is 47.3 Å². The molecule has 3 N–H and O–H groups in total. The summed E-state index contributed by atoms with van der Waals surface area (Å²) < 4.78 is 6.40. The number of ether oxygens (including phenoxy) is 1. The standard InChI is InChI=1S/C29H38N2O5/c1-3-16-14(2)12-18-19-13-15-9-10-21(32)25-26(34)20(31-29(25)35)7-5-11-30-22(33)8-4-6-17(15)24(19)28-27(36-28)23(16)18/h4,8-10,14-20,23-24,27-28,32H,3,5-7,11-13H2,1-2H3,(H,30,33)(H,31,35)/b8-4+,10-9-,25-21?/t14-,15+,16-,17+,18-,19-,20+,23+,24+,27+,28+/m1/s1. The molecule has 3 saturated carbocycles. The molecule has 0 spiro atoms. The van der Waals surface area contributed by atoms with Crippen LogP contribution in [0.15, 0.2) is 35.6 Å². The Balaban J connectivity index is 1.32. The number of amides is 2. The zero-order valence-corrected chi connectivity index (χ0v) is 21.2. The van der Waals surface area contributed by atoms with Gasteiger partial charge in [0, 0.05) is 6.54 Å². The van der Waals surface area contributed by atoms with Crippen LogP contribution < -0.4 is 10.6 Å². The van der Waals surface area contributed by atoms with Gasteiger partial charge in [-0.2, -0.15) is 0 Å². The number of rotatable bonds is 1. The maximum Gasteiger partial charge on any atom is 0.259 e. The lowest BCUT2D eigenvalue weighted by Crippen LogP contribution is -2.39. The predicted octanol–water partition coefficient (Wildman–Crippen LogP) is 3.23. The molecule has 194 valence electrons. The van der Waals surface area contributed by atoms with E-state index in [1.807, 2.05) is 12.2 Å². The molecular formula is C29H38N2O5. The number of nitrogens with one attached hydrogen (secondary N) is 2. The first kappa shape index (κ1) is 24.0. The van der Waals surface area contributed by atoms with Gasteiger partial charge in [0.25, 0.3) is 5.91 Å². The number of epoxide rings is 1. The molecule has 7 nitrogen and oxygen atoms in total. The summed E-state index contributed by atoms with van der Waals surface area (Å²) in [5.74, 6) is 3.03. The van der Waals surface area contributed by atoms with Crippen molar-refractivity contribution in [3.8, 4) is 0 Å². The molecule has 0 aromatic heterocycles. The van der Waals surface area contributed by atoms with Crippen LogP contribution in [0.3, 0.4) is 0 Å². The van der Waals surface area contributed by atoms with Crippen LogP contribution >= 0.6 is 0 Å². The van der Waals surface area contributed by atoms with Crippen LogP contribution in [-0.4, -0.2) is 47.5 Å². The molecule has 11 atom stereocenters. The Morgan fingerprint density at radius 3 is 2.64 bits per heavy atom. The fourth-order valence-corrected chi connectivity index (χ4v) is 8.82. The highest BCUT2D eigenvalue weighted by atomic mass is 16.6. The molecule has 2 amide bonds. The van der Waals surface area contributed by atoms with Gasteiger partial charge in [-0.3, -0.25) is 14.4 Å². The second-order valence-electron chi connectivity index (χ2n) is 12.0. The number of allylic oxidation sites excluding steroid dienone is 3. The van der Waals surface area contributed by atoms with Crippen LogP contribution in [0.1, 0.15) is 52.4 Å². The fourth-order valence-electron chi connectivity index (χ4n) is 8.82. The van der Waals surface area contributed by atoms with Crippen molar-refractivity contribution in [3.05, 3.63) is 35.6 Å². The molecule has 2 bridgehead atoms. The highest BCUT2D eigenvalue weighted by Crippen LogP contribution is 2.66. The zero-order chi connectivity index (χ0) is 25.1. The van der Waals surface area contributed by atoms with Gasteiger partial charge < -0.3 is 20.5 Å². The molecule has 0 unspecified atom stereocenters. The van der Waals surface area contributed by atoms with Crippen molar-refractivity contribution in [1.29, 1.82) is 0 Å². The monoisotopic (exact) mass is 494 g/mol. The van der Waals surface area contributed by atoms with Crippen molar-refractivity contribution in [1.82, 2.24) is 10.6 Å². The average Bonchev–Trinajstić information content (AvgIpc) is 3.32. The number of ketones is 1. The summed E-state index contributed by atoms with van der Waals surface area (Å²) in [7, 11) is 0. The van der Waals surface area contributed by atoms with E-state index >= 15 is 0 Å². The van der Waals surface area contributed by atoms with Gasteiger partial charge in [0.1, 0.15) is 11.3 Å². The summed E-state index contributed by atoms with van der Waals surface area (Å²) in [6.45, 7) is 5.14. The number of Topliss-reactive ketones (excluding diaryl/α,β-unsaturated/α-hetero) is 1. The summed E-state index contributed by atoms with van der Waals surface area (Å²) >= 11 is 0. The second-order valence-corrected chi connectivity index (χ2v) is 12.0. The van der Waals surface area contributed by atoms with Gasteiger partial charge in [0.2, 0.25) is 5.91 Å². The van der Waals surface area contributed by atoms with Gasteiger partial charge in [-0.15, -0.1) is 0 Å². The largest absolute Gasteiger partial charge is 0.507 e. The van der Waals surface area contributed by atoms with E-state index in [-0.39, 0.29) is 28.9 Å². The molecule has 3 aliphatic carbocycles. The molecular weight excluding hydrogens is 456 g/mol. The molecule has 6 rings (SSSR count). The number of aliphatic hydroxyl groups excluding tert-OH is 1. The van der Waals surface area contributed by atoms with Gasteiger partial charge in [0.05, 0.1) is 18.2 Å². The Kier molecular flexibility index (Phi) is 6.09. The van der Waals surface area contributed by atoms with Crippen molar-refractivity contribution >= 4 is 17.6 Å². The smallest absolute Gasteiger partial charge is 0.259 e. The fraction of sp³-hybridized carbons (Fsp3) is 0.690. The molecule has 0 aromatic rings. The van der Waals surface area contributed by atoms with E-state index in [9.17, 15) is 19.5 Å². The zero-order valence-electron chi connectivity index (χ0n) is 21.2. The number of aliphatic hydroxyl groups is 1. The Morgan fingerprint density at radius 2 is 1.83 bits per heavy atom. The van der Waals surface area contributed by atoms with Gasteiger partial charge >= 0.3 is 0 Å². The first-order valence-electron chi connectivity index (χ1n) is 13.9. The van der Waals surface area contributed by atoms with Gasteiger partial charge in [-0.1, -0.05) is 32.4 Å². The van der Waals surface area contributed by atoms with Crippen LogP contribution in [0.4, 0.5) is 0 Å². The van der Waals surface area contributed by atoms with E-state index in [4.69, 9.17) is 4.74 Å². The Labute approximate surface area is 212 Å². The third-order valence-corrected chi connectivity index (χ3v) is 10.3. The average molecular weight is 495 g/mol. The minimum atomic E-state index is -0.651. The van der Waals surface area contributed by atoms with E-state index < -0.39 is 11.9 Å². The summed E-state index contributed by atoms with van der Waals surface area (Å²) in [5, 5.41) is 16.4. The quantitative estimate of drug-likeness (QED) is 0.383. The summed E-state index contributed by atoms with van der Waals surface area (Å²) in [6, 6.07) is -0.651. The molecule has 5 fully saturated rings. The molecule has 0 aromatic carbocycles. The van der Waals surface area contributed by atoms with Crippen LogP contribution in [0.2, 0.25) is 0 Å². The van der Waals surface area contributed by atoms with Crippen LogP contribution in [0.5, 0.6) is 0 Å². The maximum absolute atomic E-state index is 12.8. The predicted molar refractivity (Wildman–Crippen MR) is 134 cm³/mol. The van der Waals surface area contributed by atoms with Crippen LogP contribution in [0, 0.1) is 47.3 Å². The molecule has 6 aliphatic rings. The van der Waals surface area contributed by atoms with Crippen LogP contribution in [0.25, 0.3) is 0 Å². The highest BCUT2D eigenvalue weighted by molar-refractivity contribution is 6.27. The summed E-state index contributed by atoms with van der Waals surface area (Å²) in [4.78, 5) is 37.7. The van der Waals surface area contributed by atoms with E-state index in [0.29, 0.717) is 67.1 Å². The number of hydrogen-bond acceptors (Lipinski definition) is 5. The number of fused-ring (bicyclic) bond motifs is 10. The van der Waals surface area contributed by atoms with Crippen LogP contribution in [-0.2, 0) is 19.1 Å². The van der Waals surface area contributed by atoms with E-state index in [2.05, 4.69) is 24.5 Å². The third-order valence-electron chi connectivity index (χ3n) is 10.3. The summed E-state index contributed by atoms with van der Waals surface area (Å²) in [5.41, 5.74) is -0.139. The lowest BCUT2D eigenvalue weighted by atomic mass is 9.65. The second kappa shape index (κ2) is 9.16. The van der Waals surface area contributed by atoms with Crippen molar-refractivity contribution in [2.45, 2.75) is 70.6 Å². The number of carbonyl (C=O) groups is 3. The lowest BCUT2D eigenvalue weighted by molar-refractivity contribution is -0.118. The van der Waals surface area contributed by atoms with Crippen molar-refractivity contribution in [2.75, 3.05) is 6.54 Å². The minimum absolute atomic E-state index is 0.122. The third kappa shape index (κ3) is 3.85. The van der Waals surface area contributed by atoms with Crippen molar-refractivity contribution in [3.63, 3.8) is 0 Å². The molecule has 36 heavy (non-hydrogen) atoms. The lowest BCUT2D eigenvalue weighted by Gasteiger charge is -2.36. The first-order valence-corrected chi connectivity index (χ1v) is 13.9. The minimum Gasteiger partial charge on any atom is -0.507 e. The molecule has 0 radical (unpaired) electrons. The molecule has 2 saturated heterocycles. The maximum atomic E-state index is 12.8. The Hall–Kier alpha value is -2.41. The van der Waals surface area contributed by atoms with Gasteiger partial charge in [-0.25, -0.2) is 0 Å². The molecule has 3 heterocycles. The Bertz CT molecular complexity index is 1050. The highest BCUT2D eigenvalue weighted by Gasteiger charge is 2.67.